The molecule has 0 saturated heterocycles. The van der Waals surface area contributed by atoms with Gasteiger partial charge in [-0.25, -0.2) is 0 Å². The maximum Gasteiger partial charge on any atom is 0.00369 e. The standard InChI is InChI=1S/C32H66S2/c1-3-5-7-9-11-13-15-17-19-21-23-25-27-29-31-33-34-32-30-28-26-24-22-20-18-16-14-12-10-8-6-4-2/h3-32H2,1-2H3. The van der Waals surface area contributed by atoms with Crippen molar-refractivity contribution < 1.29 is 0 Å². The van der Waals surface area contributed by atoms with E-state index >= 15 is 0 Å². The molecule has 206 valence electrons. The summed E-state index contributed by atoms with van der Waals surface area (Å²) in [6.45, 7) is 4.61. The van der Waals surface area contributed by atoms with E-state index in [9.17, 15) is 0 Å². The molecule has 0 atom stereocenters. The van der Waals surface area contributed by atoms with Crippen LogP contribution in [0.15, 0.2) is 0 Å². The largest absolute Gasteiger partial charge is 0.0942 e. The van der Waals surface area contributed by atoms with Crippen LogP contribution in [0.3, 0.4) is 0 Å². The molecule has 0 bridgehead atoms. The van der Waals surface area contributed by atoms with Gasteiger partial charge in [-0.1, -0.05) is 202 Å². The van der Waals surface area contributed by atoms with Crippen LogP contribution in [0.4, 0.5) is 0 Å². The quantitative estimate of drug-likeness (QED) is 0.0666. The highest BCUT2D eigenvalue weighted by atomic mass is 33.1. The molecule has 0 aliphatic heterocycles. The molecule has 0 rings (SSSR count). The molecule has 0 saturated carbocycles. The average molecular weight is 515 g/mol. The van der Waals surface area contributed by atoms with E-state index in [1.54, 1.807) is 0 Å². The molecule has 0 nitrogen and oxygen atoms in total. The average Bonchev–Trinajstić information content (AvgIpc) is 2.85. The molecular weight excluding hydrogens is 448 g/mol. The van der Waals surface area contributed by atoms with Crippen LogP contribution in [-0.4, -0.2) is 11.5 Å². The van der Waals surface area contributed by atoms with Gasteiger partial charge in [0.1, 0.15) is 0 Å². The SMILES string of the molecule is CCCCCCCCCCCCCCCCSSCCCCCCCCCCCCCCCC. The Morgan fingerprint density at radius 1 is 0.235 bits per heavy atom. The third kappa shape index (κ3) is 32.7. The smallest absolute Gasteiger partial charge is 0.00369 e. The van der Waals surface area contributed by atoms with Crippen LogP contribution in [-0.2, 0) is 0 Å². The Kier molecular flexibility index (Phi) is 34.4. The summed E-state index contributed by atoms with van der Waals surface area (Å²) in [5, 5.41) is 0. The topological polar surface area (TPSA) is 0 Å². The summed E-state index contributed by atoms with van der Waals surface area (Å²) in [6, 6.07) is 0. The Bertz CT molecular complexity index is 299. The van der Waals surface area contributed by atoms with Crippen LogP contribution < -0.4 is 0 Å². The van der Waals surface area contributed by atoms with Gasteiger partial charge in [-0.3, -0.25) is 0 Å². The van der Waals surface area contributed by atoms with Crippen LogP contribution in [0.5, 0.6) is 0 Å². The van der Waals surface area contributed by atoms with E-state index in [0.717, 1.165) is 0 Å². The van der Waals surface area contributed by atoms with E-state index in [1.165, 1.54) is 191 Å². The van der Waals surface area contributed by atoms with E-state index in [0.29, 0.717) is 0 Å². The van der Waals surface area contributed by atoms with E-state index in [-0.39, 0.29) is 0 Å². The first-order chi connectivity index (χ1) is 16.9. The van der Waals surface area contributed by atoms with Gasteiger partial charge in [-0.05, 0) is 12.8 Å². The number of rotatable bonds is 31. The van der Waals surface area contributed by atoms with Gasteiger partial charge in [-0.15, -0.1) is 0 Å². The zero-order chi connectivity index (χ0) is 24.6. The first-order valence-electron chi connectivity index (χ1n) is 16.2. The van der Waals surface area contributed by atoms with Crippen molar-refractivity contribution in [3.05, 3.63) is 0 Å². The Balaban J connectivity index is 2.99. The van der Waals surface area contributed by atoms with Gasteiger partial charge in [0, 0.05) is 11.5 Å². The fraction of sp³-hybridized carbons (Fsp3) is 1.00. The normalized spacial score (nSPS) is 11.5. The lowest BCUT2D eigenvalue weighted by atomic mass is 10.0. The van der Waals surface area contributed by atoms with Crippen molar-refractivity contribution in [2.24, 2.45) is 0 Å². The molecule has 0 aliphatic rings. The maximum absolute atomic E-state index is 2.31. The first kappa shape index (κ1) is 34.7. The van der Waals surface area contributed by atoms with Crippen LogP contribution in [0.2, 0.25) is 0 Å². The van der Waals surface area contributed by atoms with Gasteiger partial charge in [0.2, 0.25) is 0 Å². The van der Waals surface area contributed by atoms with Crippen LogP contribution in [0.25, 0.3) is 0 Å². The van der Waals surface area contributed by atoms with Gasteiger partial charge < -0.3 is 0 Å². The van der Waals surface area contributed by atoms with E-state index in [4.69, 9.17) is 0 Å². The highest BCUT2D eigenvalue weighted by Crippen LogP contribution is 2.25. The van der Waals surface area contributed by atoms with Crippen molar-refractivity contribution in [1.82, 2.24) is 0 Å². The Hall–Kier alpha value is 0.700. The minimum absolute atomic E-state index is 1.37. The molecule has 0 unspecified atom stereocenters. The summed E-state index contributed by atoms with van der Waals surface area (Å²) in [7, 11) is 4.28. The summed E-state index contributed by atoms with van der Waals surface area (Å²) in [5.74, 6) is 2.75. The molecule has 0 spiro atoms. The van der Waals surface area contributed by atoms with Crippen molar-refractivity contribution in [1.29, 1.82) is 0 Å². The van der Waals surface area contributed by atoms with Gasteiger partial charge >= 0.3 is 0 Å². The van der Waals surface area contributed by atoms with Gasteiger partial charge in [0.05, 0.1) is 0 Å². The van der Waals surface area contributed by atoms with Gasteiger partial charge in [0.15, 0.2) is 0 Å². The molecule has 0 heterocycles. The summed E-state index contributed by atoms with van der Waals surface area (Å²) in [5.41, 5.74) is 0. The fourth-order valence-corrected chi connectivity index (χ4v) is 7.12. The number of unbranched alkanes of at least 4 members (excludes halogenated alkanes) is 26. The van der Waals surface area contributed by atoms with Crippen molar-refractivity contribution in [2.75, 3.05) is 11.5 Å². The van der Waals surface area contributed by atoms with E-state index in [1.807, 2.05) is 0 Å². The fourth-order valence-electron chi connectivity index (χ4n) is 4.83. The minimum atomic E-state index is 1.37. The second-order valence-electron chi connectivity index (χ2n) is 10.8. The lowest BCUT2D eigenvalue weighted by Gasteiger charge is -2.04. The molecule has 0 aromatic carbocycles. The molecule has 34 heavy (non-hydrogen) atoms. The Morgan fingerprint density at radius 3 is 0.618 bits per heavy atom. The lowest BCUT2D eigenvalue weighted by Crippen LogP contribution is -1.85. The zero-order valence-electron chi connectivity index (χ0n) is 24.0. The maximum atomic E-state index is 2.31. The van der Waals surface area contributed by atoms with Crippen molar-refractivity contribution >= 4 is 21.6 Å². The molecule has 0 fully saturated rings. The number of hydrogen-bond donors (Lipinski definition) is 0. The predicted molar refractivity (Wildman–Crippen MR) is 166 cm³/mol. The Morgan fingerprint density at radius 2 is 0.412 bits per heavy atom. The predicted octanol–water partition coefficient (Wildman–Crippen LogP) is 13.3. The van der Waals surface area contributed by atoms with Crippen molar-refractivity contribution in [2.45, 2.75) is 194 Å². The first-order valence-corrected chi connectivity index (χ1v) is 18.6. The molecule has 2 heteroatoms. The molecular formula is C32H66S2. The zero-order valence-corrected chi connectivity index (χ0v) is 25.7. The lowest BCUT2D eigenvalue weighted by molar-refractivity contribution is 0.538. The van der Waals surface area contributed by atoms with Crippen LogP contribution in [0, 0.1) is 0 Å². The Labute approximate surface area is 226 Å². The van der Waals surface area contributed by atoms with Crippen molar-refractivity contribution in [3.63, 3.8) is 0 Å². The molecule has 0 radical (unpaired) electrons. The van der Waals surface area contributed by atoms with E-state index in [2.05, 4.69) is 35.4 Å². The molecule has 0 amide bonds. The highest BCUT2D eigenvalue weighted by Gasteiger charge is 1.97. The third-order valence-electron chi connectivity index (χ3n) is 7.25. The summed E-state index contributed by atoms with van der Waals surface area (Å²) < 4.78 is 0. The van der Waals surface area contributed by atoms with Crippen LogP contribution in [0.1, 0.15) is 194 Å². The third-order valence-corrected chi connectivity index (χ3v) is 9.82. The van der Waals surface area contributed by atoms with Crippen molar-refractivity contribution in [3.8, 4) is 0 Å². The van der Waals surface area contributed by atoms with Gasteiger partial charge in [-0.2, -0.15) is 0 Å². The van der Waals surface area contributed by atoms with Crippen LogP contribution >= 0.6 is 21.6 Å². The summed E-state index contributed by atoms with van der Waals surface area (Å²) in [6.07, 6.45) is 41.0. The summed E-state index contributed by atoms with van der Waals surface area (Å²) >= 11 is 0. The molecule has 0 aromatic heterocycles. The molecule has 0 N–H and O–H groups in total. The number of hydrogen-bond acceptors (Lipinski definition) is 2. The minimum Gasteiger partial charge on any atom is -0.0942 e. The van der Waals surface area contributed by atoms with Gasteiger partial charge in [0.25, 0.3) is 0 Å². The molecule has 0 aromatic rings. The highest BCUT2D eigenvalue weighted by molar-refractivity contribution is 8.76. The summed E-state index contributed by atoms with van der Waals surface area (Å²) in [4.78, 5) is 0. The molecule has 0 aliphatic carbocycles. The van der Waals surface area contributed by atoms with E-state index < -0.39 is 0 Å². The second kappa shape index (κ2) is 33.7. The second-order valence-corrected chi connectivity index (χ2v) is 13.5. The monoisotopic (exact) mass is 514 g/mol.